The van der Waals surface area contributed by atoms with Gasteiger partial charge in [0.1, 0.15) is 0 Å². The molecule has 6 heteroatoms. The minimum atomic E-state index is -0.382. The highest BCUT2D eigenvalue weighted by Crippen LogP contribution is 2.33. The molecular weight excluding hydrogens is 361 g/mol. The van der Waals surface area contributed by atoms with Crippen molar-refractivity contribution in [1.29, 1.82) is 0 Å². The second-order valence-corrected chi connectivity index (χ2v) is 7.08. The number of benzene rings is 2. The van der Waals surface area contributed by atoms with Crippen molar-refractivity contribution < 1.29 is 10.0 Å². The molecule has 0 radical (unpaired) electrons. The quantitative estimate of drug-likeness (QED) is 0.640. The Morgan fingerprint density at radius 1 is 1.00 bits per heavy atom. The Morgan fingerprint density at radius 2 is 1.76 bits per heavy atom. The maximum atomic E-state index is 12.8. The van der Waals surface area contributed by atoms with Crippen molar-refractivity contribution in [3.05, 3.63) is 79.6 Å². The van der Waals surface area contributed by atoms with Crippen LogP contribution in [0.25, 0.3) is 10.9 Å². The molecule has 0 bridgehead atoms. The van der Waals surface area contributed by atoms with Gasteiger partial charge < -0.3 is 5.21 Å². The van der Waals surface area contributed by atoms with Gasteiger partial charge in [-0.1, -0.05) is 35.3 Å². The smallest absolute Gasteiger partial charge is 0.200 e. The molecule has 4 nitrogen and oxygen atoms in total. The van der Waals surface area contributed by atoms with E-state index >= 15 is 0 Å². The zero-order valence-corrected chi connectivity index (χ0v) is 14.5. The van der Waals surface area contributed by atoms with Gasteiger partial charge in [0.05, 0.1) is 22.2 Å². The minimum absolute atomic E-state index is 0.0514. The number of rotatable bonds is 1. The molecule has 4 rings (SSSR count). The maximum Gasteiger partial charge on any atom is 0.200 e. The molecule has 1 atom stereocenters. The van der Waals surface area contributed by atoms with E-state index in [9.17, 15) is 14.8 Å². The summed E-state index contributed by atoms with van der Waals surface area (Å²) in [6, 6.07) is 12.0. The van der Waals surface area contributed by atoms with Crippen LogP contribution in [-0.2, 0) is 6.42 Å². The average molecular weight is 374 g/mol. The molecule has 3 aromatic rings. The molecule has 0 saturated carbocycles. The van der Waals surface area contributed by atoms with Gasteiger partial charge in [0.15, 0.2) is 5.78 Å². The van der Waals surface area contributed by atoms with Crippen molar-refractivity contribution in [3.8, 4) is 0 Å². The van der Waals surface area contributed by atoms with Crippen LogP contribution in [0.2, 0.25) is 10.0 Å². The average Bonchev–Trinajstić information content (AvgIpc) is 2.59. The Labute approximate surface area is 153 Å². The molecule has 1 unspecified atom stereocenters. The molecule has 0 fully saturated rings. The van der Waals surface area contributed by atoms with Gasteiger partial charge in [-0.2, -0.15) is 4.73 Å². The summed E-state index contributed by atoms with van der Waals surface area (Å²) in [5.74, 6) is -0.415. The van der Waals surface area contributed by atoms with Crippen LogP contribution in [0.1, 0.15) is 34.0 Å². The number of halogens is 2. The Bertz CT molecular complexity index is 1090. The summed E-state index contributed by atoms with van der Waals surface area (Å²) >= 11 is 12.0. The van der Waals surface area contributed by atoms with Gasteiger partial charge in [-0.25, -0.2) is 0 Å². The number of hydrogen-bond donors (Lipinski definition) is 1. The molecular formula is C19H13Cl2NO3. The third kappa shape index (κ3) is 2.62. The normalized spacial score (nSPS) is 16.9. The van der Waals surface area contributed by atoms with Crippen molar-refractivity contribution in [1.82, 2.24) is 4.73 Å². The monoisotopic (exact) mass is 373 g/mol. The number of hydrogen-bond acceptors (Lipinski definition) is 3. The van der Waals surface area contributed by atoms with Gasteiger partial charge in [-0.05, 0) is 48.2 Å². The number of aromatic nitrogens is 1. The standard InChI is InChI=1S/C19H13Cl2NO3/c20-12-3-1-2-10(6-12)11-7-16-18(17(23)8-11)19(24)14-9-13(21)4-5-15(14)22(16)25/h1-6,9,11,25H,7-8H2. The van der Waals surface area contributed by atoms with Gasteiger partial charge in [-0.15, -0.1) is 0 Å². The van der Waals surface area contributed by atoms with E-state index in [0.29, 0.717) is 27.7 Å². The minimum Gasteiger partial charge on any atom is -0.428 e. The predicted molar refractivity (Wildman–Crippen MR) is 97.2 cm³/mol. The lowest BCUT2D eigenvalue weighted by atomic mass is 9.81. The van der Waals surface area contributed by atoms with Crippen LogP contribution in [0.5, 0.6) is 0 Å². The first kappa shape index (κ1) is 16.2. The number of Topliss-reactive ketones (excluding diaryl/α,β-unsaturated/α-hetero) is 1. The van der Waals surface area contributed by atoms with E-state index in [1.807, 2.05) is 18.2 Å². The van der Waals surface area contributed by atoms with Crippen LogP contribution in [0, 0.1) is 0 Å². The summed E-state index contributed by atoms with van der Waals surface area (Å²) in [6.07, 6.45) is 0.584. The summed E-state index contributed by atoms with van der Waals surface area (Å²) in [4.78, 5) is 25.4. The molecule has 2 aromatic carbocycles. The van der Waals surface area contributed by atoms with Gasteiger partial charge in [0, 0.05) is 16.5 Å². The van der Waals surface area contributed by atoms with Gasteiger partial charge in [0.2, 0.25) is 5.43 Å². The molecule has 25 heavy (non-hydrogen) atoms. The van der Waals surface area contributed by atoms with Gasteiger partial charge in [-0.3, -0.25) is 9.59 Å². The number of nitrogens with zero attached hydrogens (tertiary/aromatic N) is 1. The third-order valence-corrected chi connectivity index (χ3v) is 5.14. The number of ketones is 1. The molecule has 0 spiro atoms. The molecule has 1 aromatic heterocycles. The largest absolute Gasteiger partial charge is 0.428 e. The maximum absolute atomic E-state index is 12.8. The molecule has 1 aliphatic carbocycles. The van der Waals surface area contributed by atoms with E-state index < -0.39 is 0 Å². The molecule has 0 amide bonds. The number of carbonyl (C=O) groups excluding carboxylic acids is 1. The van der Waals surface area contributed by atoms with Crippen LogP contribution in [0.15, 0.2) is 47.3 Å². The van der Waals surface area contributed by atoms with E-state index in [0.717, 1.165) is 10.3 Å². The summed E-state index contributed by atoms with van der Waals surface area (Å²) in [5, 5.41) is 11.8. The molecule has 0 saturated heterocycles. The highest BCUT2D eigenvalue weighted by atomic mass is 35.5. The summed E-state index contributed by atoms with van der Waals surface area (Å²) in [5.41, 5.74) is 1.26. The van der Waals surface area contributed by atoms with Gasteiger partial charge in [0.25, 0.3) is 0 Å². The first-order valence-electron chi connectivity index (χ1n) is 7.81. The Balaban J connectivity index is 1.92. The van der Waals surface area contributed by atoms with E-state index in [-0.39, 0.29) is 34.5 Å². The topological polar surface area (TPSA) is 59.3 Å². The molecule has 126 valence electrons. The van der Waals surface area contributed by atoms with Crippen LogP contribution in [0.3, 0.4) is 0 Å². The zero-order valence-electron chi connectivity index (χ0n) is 13.0. The lowest BCUT2D eigenvalue weighted by molar-refractivity contribution is 0.0949. The number of fused-ring (bicyclic) bond motifs is 2. The van der Waals surface area contributed by atoms with E-state index in [1.165, 1.54) is 6.07 Å². The molecule has 0 aliphatic heterocycles. The van der Waals surface area contributed by atoms with Crippen molar-refractivity contribution in [2.75, 3.05) is 0 Å². The third-order valence-electron chi connectivity index (χ3n) is 4.67. The SMILES string of the molecule is O=C1CC(c2cccc(Cl)c2)Cc2c1c(=O)c1cc(Cl)ccc1n2O. The zero-order chi connectivity index (χ0) is 17.7. The van der Waals surface area contributed by atoms with Crippen LogP contribution in [0.4, 0.5) is 0 Å². The van der Waals surface area contributed by atoms with Crippen LogP contribution < -0.4 is 5.43 Å². The van der Waals surface area contributed by atoms with E-state index in [1.54, 1.807) is 18.2 Å². The van der Waals surface area contributed by atoms with E-state index in [4.69, 9.17) is 23.2 Å². The molecule has 1 aliphatic rings. The number of pyridine rings is 1. The predicted octanol–water partition coefficient (Wildman–Crippen LogP) is 4.46. The lowest BCUT2D eigenvalue weighted by Crippen LogP contribution is -2.30. The Morgan fingerprint density at radius 3 is 2.52 bits per heavy atom. The van der Waals surface area contributed by atoms with Crippen LogP contribution in [-0.4, -0.2) is 15.7 Å². The second kappa shape index (κ2) is 5.90. The highest BCUT2D eigenvalue weighted by Gasteiger charge is 2.32. The fraction of sp³-hybridized carbons (Fsp3) is 0.158. The van der Waals surface area contributed by atoms with Crippen molar-refractivity contribution in [2.45, 2.75) is 18.8 Å². The molecule has 1 N–H and O–H groups in total. The number of carbonyl (C=O) groups is 1. The summed E-state index contributed by atoms with van der Waals surface area (Å²) in [7, 11) is 0. The Kier molecular flexibility index (Phi) is 3.82. The highest BCUT2D eigenvalue weighted by molar-refractivity contribution is 6.31. The summed E-state index contributed by atoms with van der Waals surface area (Å²) in [6.45, 7) is 0. The first-order chi connectivity index (χ1) is 12.0. The molecule has 1 heterocycles. The van der Waals surface area contributed by atoms with Gasteiger partial charge >= 0.3 is 0 Å². The second-order valence-electron chi connectivity index (χ2n) is 6.21. The van der Waals surface area contributed by atoms with Crippen molar-refractivity contribution in [3.63, 3.8) is 0 Å². The van der Waals surface area contributed by atoms with Crippen molar-refractivity contribution >= 4 is 39.9 Å². The van der Waals surface area contributed by atoms with E-state index in [2.05, 4.69) is 0 Å². The first-order valence-corrected chi connectivity index (χ1v) is 8.56. The Hall–Kier alpha value is -2.30. The van der Waals surface area contributed by atoms with Crippen molar-refractivity contribution in [2.24, 2.45) is 0 Å². The fourth-order valence-electron chi connectivity index (χ4n) is 3.50. The fourth-order valence-corrected chi connectivity index (χ4v) is 3.87. The lowest BCUT2D eigenvalue weighted by Gasteiger charge is -2.25. The summed E-state index contributed by atoms with van der Waals surface area (Å²) < 4.78 is 0.941. The van der Waals surface area contributed by atoms with Crippen LogP contribution >= 0.6 is 23.2 Å².